The van der Waals surface area contributed by atoms with Gasteiger partial charge in [-0.2, -0.15) is 5.26 Å². The van der Waals surface area contributed by atoms with Gasteiger partial charge in [-0.1, -0.05) is 97.1 Å². The Morgan fingerprint density at radius 1 is 0.326 bits per heavy atom. The molecule has 0 bridgehead atoms. The van der Waals surface area contributed by atoms with Crippen LogP contribution in [0.4, 0.5) is 0 Å². The lowest BCUT2D eigenvalue weighted by atomic mass is 9.93. The van der Waals surface area contributed by atoms with Crippen molar-refractivity contribution < 1.29 is 0 Å². The molecule has 0 aliphatic carbocycles. The van der Waals surface area contributed by atoms with Crippen LogP contribution in [0, 0.1) is 11.3 Å². The molecular formula is C43H25NS2. The lowest BCUT2D eigenvalue weighted by Gasteiger charge is -2.11. The van der Waals surface area contributed by atoms with E-state index in [2.05, 4.69) is 146 Å². The average molecular weight is 620 g/mol. The van der Waals surface area contributed by atoms with Crippen LogP contribution < -0.4 is 0 Å². The fourth-order valence-electron chi connectivity index (χ4n) is 6.59. The molecule has 9 rings (SSSR count). The third kappa shape index (κ3) is 4.59. The topological polar surface area (TPSA) is 23.8 Å². The summed E-state index contributed by atoms with van der Waals surface area (Å²) in [7, 11) is 0. The van der Waals surface area contributed by atoms with E-state index in [4.69, 9.17) is 0 Å². The SMILES string of the molecule is N#Cc1cc(-c2cccc(-c3ccc4c(c3)sc3ccccc34)c2)cc(-c2cccc(-c3ccc4c(c3)sc3ccccc34)c2)c1. The van der Waals surface area contributed by atoms with Gasteiger partial charge in [0, 0.05) is 40.3 Å². The lowest BCUT2D eigenvalue weighted by Crippen LogP contribution is -1.87. The molecule has 0 saturated heterocycles. The minimum Gasteiger partial charge on any atom is -0.192 e. The number of hydrogen-bond donors (Lipinski definition) is 0. The summed E-state index contributed by atoms with van der Waals surface area (Å²) in [5.41, 5.74) is 9.64. The molecule has 7 aromatic carbocycles. The molecule has 9 aromatic rings. The number of thiophene rings is 2. The van der Waals surface area contributed by atoms with Crippen molar-refractivity contribution in [3.8, 4) is 50.6 Å². The number of nitrogens with zero attached hydrogens (tertiary/aromatic N) is 1. The number of rotatable bonds is 4. The summed E-state index contributed by atoms with van der Waals surface area (Å²) in [6.07, 6.45) is 0. The zero-order valence-electron chi connectivity index (χ0n) is 24.7. The molecule has 0 atom stereocenters. The van der Waals surface area contributed by atoms with Crippen LogP contribution in [0.15, 0.2) is 152 Å². The third-order valence-corrected chi connectivity index (χ3v) is 11.1. The molecule has 0 aliphatic heterocycles. The normalized spacial score (nSPS) is 11.5. The highest BCUT2D eigenvalue weighted by Crippen LogP contribution is 2.39. The van der Waals surface area contributed by atoms with Crippen molar-refractivity contribution in [2.45, 2.75) is 0 Å². The highest BCUT2D eigenvalue weighted by molar-refractivity contribution is 7.26. The van der Waals surface area contributed by atoms with Crippen LogP contribution in [0.3, 0.4) is 0 Å². The summed E-state index contributed by atoms with van der Waals surface area (Å²) in [6, 6.07) is 56.7. The molecule has 0 aliphatic rings. The van der Waals surface area contributed by atoms with Crippen molar-refractivity contribution in [3.05, 3.63) is 157 Å². The predicted octanol–water partition coefficient (Wildman–Crippen LogP) is 13.0. The Hall–Kier alpha value is -5.53. The van der Waals surface area contributed by atoms with Gasteiger partial charge in [0.2, 0.25) is 0 Å². The summed E-state index contributed by atoms with van der Waals surface area (Å²) in [6.45, 7) is 0. The predicted molar refractivity (Wildman–Crippen MR) is 199 cm³/mol. The van der Waals surface area contributed by atoms with Crippen molar-refractivity contribution in [2.24, 2.45) is 0 Å². The van der Waals surface area contributed by atoms with Gasteiger partial charge in [-0.15, -0.1) is 22.7 Å². The summed E-state index contributed by atoms with van der Waals surface area (Å²) in [4.78, 5) is 0. The number of hydrogen-bond acceptors (Lipinski definition) is 3. The molecular weight excluding hydrogens is 595 g/mol. The van der Waals surface area contributed by atoms with Gasteiger partial charge in [-0.25, -0.2) is 0 Å². The van der Waals surface area contributed by atoms with E-state index in [-0.39, 0.29) is 0 Å². The smallest absolute Gasteiger partial charge is 0.0992 e. The second-order valence-corrected chi connectivity index (χ2v) is 13.9. The Kier molecular flexibility index (Phi) is 6.31. The minimum absolute atomic E-state index is 0.654. The third-order valence-electron chi connectivity index (χ3n) is 8.88. The first-order valence-corrected chi connectivity index (χ1v) is 16.9. The maximum absolute atomic E-state index is 10.0. The Morgan fingerprint density at radius 3 is 1.20 bits per heavy atom. The quantitative estimate of drug-likeness (QED) is 0.192. The molecule has 0 spiro atoms. The maximum atomic E-state index is 10.0. The van der Waals surface area contributed by atoms with Gasteiger partial charge < -0.3 is 0 Å². The van der Waals surface area contributed by atoms with Crippen molar-refractivity contribution in [2.75, 3.05) is 0 Å². The molecule has 214 valence electrons. The summed E-state index contributed by atoms with van der Waals surface area (Å²) < 4.78 is 5.22. The molecule has 2 aromatic heterocycles. The fraction of sp³-hybridized carbons (Fsp3) is 0. The zero-order valence-corrected chi connectivity index (χ0v) is 26.3. The van der Waals surface area contributed by atoms with E-state index in [0.717, 1.165) is 22.3 Å². The largest absolute Gasteiger partial charge is 0.192 e. The van der Waals surface area contributed by atoms with Crippen LogP contribution >= 0.6 is 22.7 Å². The summed E-state index contributed by atoms with van der Waals surface area (Å²) >= 11 is 3.68. The number of benzene rings is 7. The maximum Gasteiger partial charge on any atom is 0.0992 e. The Bertz CT molecular complexity index is 2490. The number of nitriles is 1. The van der Waals surface area contributed by atoms with Gasteiger partial charge in [0.1, 0.15) is 0 Å². The Balaban J connectivity index is 1.09. The first-order chi connectivity index (χ1) is 22.7. The minimum atomic E-state index is 0.654. The van der Waals surface area contributed by atoms with Gasteiger partial charge in [0.05, 0.1) is 11.6 Å². The molecule has 2 heterocycles. The second kappa shape index (κ2) is 10.8. The summed E-state index contributed by atoms with van der Waals surface area (Å²) in [5.74, 6) is 0. The fourth-order valence-corrected chi connectivity index (χ4v) is 8.88. The Morgan fingerprint density at radius 2 is 0.717 bits per heavy atom. The Labute approximate surface area is 274 Å². The molecule has 0 amide bonds. The van der Waals surface area contributed by atoms with Crippen molar-refractivity contribution >= 4 is 63.0 Å². The molecule has 3 heteroatoms. The van der Waals surface area contributed by atoms with E-state index in [1.54, 1.807) is 0 Å². The second-order valence-electron chi connectivity index (χ2n) is 11.7. The average Bonchev–Trinajstić information content (AvgIpc) is 3.69. The van der Waals surface area contributed by atoms with Crippen LogP contribution in [-0.4, -0.2) is 0 Å². The van der Waals surface area contributed by atoms with Gasteiger partial charge in [-0.3, -0.25) is 0 Å². The number of fused-ring (bicyclic) bond motifs is 6. The van der Waals surface area contributed by atoms with Crippen LogP contribution in [0.1, 0.15) is 5.56 Å². The van der Waals surface area contributed by atoms with E-state index >= 15 is 0 Å². The van der Waals surface area contributed by atoms with Crippen LogP contribution in [0.25, 0.3) is 84.9 Å². The van der Waals surface area contributed by atoms with Crippen LogP contribution in [0.2, 0.25) is 0 Å². The van der Waals surface area contributed by atoms with Gasteiger partial charge in [0.15, 0.2) is 0 Å². The van der Waals surface area contributed by atoms with Crippen molar-refractivity contribution in [1.82, 2.24) is 0 Å². The van der Waals surface area contributed by atoms with E-state index in [9.17, 15) is 5.26 Å². The van der Waals surface area contributed by atoms with Gasteiger partial charge >= 0.3 is 0 Å². The van der Waals surface area contributed by atoms with E-state index in [0.29, 0.717) is 5.56 Å². The molecule has 0 unspecified atom stereocenters. The highest BCUT2D eigenvalue weighted by atomic mass is 32.1. The molecule has 0 radical (unpaired) electrons. The van der Waals surface area contributed by atoms with E-state index in [1.807, 2.05) is 34.8 Å². The first-order valence-electron chi connectivity index (χ1n) is 15.3. The molecule has 0 fully saturated rings. The molecule has 46 heavy (non-hydrogen) atoms. The van der Waals surface area contributed by atoms with Gasteiger partial charge in [-0.05, 0) is 99.1 Å². The van der Waals surface area contributed by atoms with E-state index < -0.39 is 0 Å². The monoisotopic (exact) mass is 619 g/mol. The standard InChI is InChI=1S/C43H25NS2/c44-26-27-19-34(30-9-5-7-28(21-30)32-15-17-38-36-11-1-3-13-40(36)45-42(38)24-32)23-35(20-27)31-10-6-8-29(22-31)33-16-18-39-37-12-2-4-14-41(37)46-43(39)25-33/h1-25H. The highest BCUT2D eigenvalue weighted by Gasteiger charge is 2.11. The van der Waals surface area contributed by atoms with Crippen molar-refractivity contribution in [1.29, 1.82) is 5.26 Å². The molecule has 1 nitrogen and oxygen atoms in total. The van der Waals surface area contributed by atoms with Gasteiger partial charge in [0.25, 0.3) is 0 Å². The molecule has 0 N–H and O–H groups in total. The zero-order chi connectivity index (χ0) is 30.6. The molecule has 0 saturated carbocycles. The van der Waals surface area contributed by atoms with Crippen LogP contribution in [-0.2, 0) is 0 Å². The van der Waals surface area contributed by atoms with E-state index in [1.165, 1.54) is 62.6 Å². The summed E-state index contributed by atoms with van der Waals surface area (Å²) in [5, 5.41) is 15.3. The first kappa shape index (κ1) is 26.8. The van der Waals surface area contributed by atoms with Crippen LogP contribution in [0.5, 0.6) is 0 Å². The lowest BCUT2D eigenvalue weighted by molar-refractivity contribution is 1.48. The van der Waals surface area contributed by atoms with Crippen molar-refractivity contribution in [3.63, 3.8) is 0 Å².